The summed E-state index contributed by atoms with van der Waals surface area (Å²) in [4.78, 5) is 23.3. The molecule has 0 saturated heterocycles. The minimum atomic E-state index is -5.04. The molecule has 1 aliphatic carbocycles. The number of benzene rings is 2. The van der Waals surface area contributed by atoms with Gasteiger partial charge >= 0.3 is 29.6 Å². The van der Waals surface area contributed by atoms with E-state index < -0.39 is 86.7 Å². The molecule has 0 spiro atoms. The van der Waals surface area contributed by atoms with Gasteiger partial charge in [-0.25, -0.2) is 0 Å². The third-order valence-corrected chi connectivity index (χ3v) is 5.79. The number of phenols is 2. The van der Waals surface area contributed by atoms with Crippen molar-refractivity contribution in [2.45, 2.75) is 9.79 Å². The number of nitrogens with two attached hydrogens (primary N) is 2. The van der Waals surface area contributed by atoms with Crippen molar-refractivity contribution in [2.75, 3.05) is 11.5 Å². The van der Waals surface area contributed by atoms with Crippen molar-refractivity contribution in [1.82, 2.24) is 0 Å². The van der Waals surface area contributed by atoms with Crippen LogP contribution in [-0.2, 0) is 20.2 Å². The summed E-state index contributed by atoms with van der Waals surface area (Å²) in [7, 11) is -10.1. The minimum absolute atomic E-state index is 0. The zero-order chi connectivity index (χ0) is 21.3. The Morgan fingerprint density at radius 2 is 0.931 bits per heavy atom. The molecule has 0 bridgehead atoms. The fourth-order valence-corrected chi connectivity index (χ4v) is 4.15. The Kier molecular flexibility index (Phi) is 5.53. The number of nitrogen functional groups attached to an aromatic ring is 2. The molecule has 12 nitrogen and oxygen atoms in total. The molecule has 0 aliphatic heterocycles. The average Bonchev–Trinajstić information content (AvgIpc) is 2.53. The van der Waals surface area contributed by atoms with E-state index in [1.165, 1.54) is 0 Å². The molecule has 3 rings (SSSR count). The van der Waals surface area contributed by atoms with Crippen molar-refractivity contribution in [3.63, 3.8) is 0 Å². The Bertz CT molecular complexity index is 1230. The molecule has 2 aromatic carbocycles. The fourth-order valence-electron chi connectivity index (χ4n) is 2.91. The number of hydrogen-bond acceptors (Lipinski definition) is 10. The molecule has 0 radical (unpaired) electrons. The summed E-state index contributed by atoms with van der Waals surface area (Å²) >= 11 is 0. The largest absolute Gasteiger partial charge is 1.00 e. The maximum Gasteiger partial charge on any atom is 1.00 e. The zero-order valence-electron chi connectivity index (χ0n) is 14.4. The van der Waals surface area contributed by atoms with Crippen LogP contribution in [0.1, 0.15) is 31.8 Å². The molecule has 29 heavy (non-hydrogen) atoms. The summed E-state index contributed by atoms with van der Waals surface area (Å²) < 4.78 is 63.9. The van der Waals surface area contributed by atoms with Gasteiger partial charge in [0.1, 0.15) is 21.3 Å². The Balaban J connectivity index is 0.00000300. The summed E-state index contributed by atoms with van der Waals surface area (Å²) in [5.74, 6) is -5.11. The number of fused-ring (bicyclic) bond motifs is 2. The first-order valence-electron chi connectivity index (χ1n) is 7.03. The van der Waals surface area contributed by atoms with E-state index in [4.69, 9.17) is 20.6 Å². The van der Waals surface area contributed by atoms with Crippen LogP contribution in [0.25, 0.3) is 0 Å². The Morgan fingerprint density at radius 1 is 0.655 bits per heavy atom. The second kappa shape index (κ2) is 6.94. The Hall–Kier alpha value is -2.20. The van der Waals surface area contributed by atoms with Gasteiger partial charge in [0, 0.05) is 11.4 Å². The van der Waals surface area contributed by atoms with Gasteiger partial charge in [-0.05, 0) is 12.1 Å². The maximum atomic E-state index is 12.8. The predicted octanol–water partition coefficient (Wildman–Crippen LogP) is -3.46. The van der Waals surface area contributed by atoms with Crippen LogP contribution in [0.4, 0.5) is 11.4 Å². The number of carbonyl (C=O) groups excluding carboxylic acids is 2. The van der Waals surface area contributed by atoms with E-state index in [2.05, 4.69) is 0 Å². The van der Waals surface area contributed by atoms with Gasteiger partial charge < -0.3 is 21.7 Å². The van der Waals surface area contributed by atoms with Crippen LogP contribution in [0.5, 0.6) is 11.5 Å². The molecular weight excluding hydrogens is 443 g/mol. The Labute approximate surface area is 184 Å². The van der Waals surface area contributed by atoms with Crippen LogP contribution in [0.15, 0.2) is 21.9 Å². The molecule has 0 heterocycles. The standard InChI is InChI=1S/C14H10N2O10S2.Na/c15-3-1-5(27(21,22)23)11(17)9-7(3)13(19)10-8(14(9)20)4(16)2-6(12(10)18)28(24,25)26;/h1-2,17-18H,15-16H2,(H,21,22,23)(H,24,25,26);/q;+1. The molecule has 0 amide bonds. The smallest absolute Gasteiger partial charge is 0.506 e. The van der Waals surface area contributed by atoms with E-state index in [0.29, 0.717) is 12.1 Å². The van der Waals surface area contributed by atoms with E-state index in [1.54, 1.807) is 0 Å². The van der Waals surface area contributed by atoms with Crippen LogP contribution in [-0.4, -0.2) is 47.7 Å². The normalized spacial score (nSPS) is 13.4. The average molecular weight is 453 g/mol. The topological polar surface area (TPSA) is 235 Å². The molecule has 15 heteroatoms. The number of carbonyl (C=O) groups is 2. The summed E-state index contributed by atoms with van der Waals surface area (Å²) in [6.07, 6.45) is 0. The summed E-state index contributed by atoms with van der Waals surface area (Å²) in [5, 5.41) is 20.3. The fraction of sp³-hybridized carbons (Fsp3) is 0. The van der Waals surface area contributed by atoms with Crippen LogP contribution < -0.4 is 41.0 Å². The molecule has 0 fully saturated rings. The van der Waals surface area contributed by atoms with E-state index in [9.17, 15) is 36.6 Å². The first kappa shape index (κ1) is 23.1. The Morgan fingerprint density at radius 3 is 1.17 bits per heavy atom. The quantitative estimate of drug-likeness (QED) is 0.0961. The van der Waals surface area contributed by atoms with Crippen molar-refractivity contribution < 1.29 is 75.3 Å². The van der Waals surface area contributed by atoms with E-state index in [1.807, 2.05) is 0 Å². The number of rotatable bonds is 2. The predicted molar refractivity (Wildman–Crippen MR) is 91.5 cm³/mol. The molecule has 0 unspecified atom stereocenters. The molecular formula is C14H10N2NaO10S2+. The van der Waals surface area contributed by atoms with E-state index in [-0.39, 0.29) is 29.6 Å². The first-order valence-corrected chi connectivity index (χ1v) is 9.91. The molecule has 8 N–H and O–H groups in total. The molecule has 0 atom stereocenters. The van der Waals surface area contributed by atoms with Gasteiger partial charge in [0.05, 0.1) is 22.3 Å². The van der Waals surface area contributed by atoms with Crippen molar-refractivity contribution in [1.29, 1.82) is 0 Å². The zero-order valence-corrected chi connectivity index (χ0v) is 18.0. The van der Waals surface area contributed by atoms with Crippen LogP contribution in [0.2, 0.25) is 0 Å². The summed E-state index contributed by atoms with van der Waals surface area (Å²) in [5.41, 5.74) is 6.54. The van der Waals surface area contributed by atoms with Gasteiger partial charge in [-0.15, -0.1) is 0 Å². The number of aromatic hydroxyl groups is 2. The van der Waals surface area contributed by atoms with E-state index >= 15 is 0 Å². The van der Waals surface area contributed by atoms with Crippen LogP contribution in [0, 0.1) is 0 Å². The number of phenolic OH excluding ortho intramolecular Hbond substituents is 2. The van der Waals surface area contributed by atoms with Gasteiger partial charge in [-0.1, -0.05) is 0 Å². The number of anilines is 2. The van der Waals surface area contributed by atoms with Gasteiger partial charge in [-0.2, -0.15) is 16.8 Å². The van der Waals surface area contributed by atoms with Crippen molar-refractivity contribution >= 4 is 43.2 Å². The number of ketones is 2. The monoisotopic (exact) mass is 453 g/mol. The summed E-state index contributed by atoms with van der Waals surface area (Å²) in [6, 6.07) is 1.01. The van der Waals surface area contributed by atoms with Crippen molar-refractivity contribution in [3.05, 3.63) is 34.4 Å². The van der Waals surface area contributed by atoms with Gasteiger partial charge in [0.25, 0.3) is 20.2 Å². The third-order valence-electron chi connectivity index (χ3n) is 4.05. The maximum absolute atomic E-state index is 12.8. The van der Waals surface area contributed by atoms with E-state index in [0.717, 1.165) is 0 Å². The second-order valence-electron chi connectivity index (χ2n) is 5.73. The molecule has 2 aromatic rings. The SMILES string of the molecule is Nc1cc(S(=O)(=O)O)c(O)c2c1C(=O)c1c(O)c(S(=O)(=O)O)cc(N)c1C2=O.[Na+]. The number of hydrogen-bond donors (Lipinski definition) is 6. The van der Waals surface area contributed by atoms with Crippen LogP contribution in [0.3, 0.4) is 0 Å². The van der Waals surface area contributed by atoms with Gasteiger partial charge in [0.15, 0.2) is 0 Å². The second-order valence-corrected chi connectivity index (χ2v) is 8.51. The molecule has 148 valence electrons. The first-order chi connectivity index (χ1) is 12.7. The van der Waals surface area contributed by atoms with Crippen LogP contribution >= 0.6 is 0 Å². The van der Waals surface area contributed by atoms with Gasteiger partial charge in [0.2, 0.25) is 11.6 Å². The third kappa shape index (κ3) is 3.38. The van der Waals surface area contributed by atoms with Crippen molar-refractivity contribution in [2.24, 2.45) is 0 Å². The van der Waals surface area contributed by atoms with Crippen molar-refractivity contribution in [3.8, 4) is 11.5 Å². The molecule has 0 aromatic heterocycles. The minimum Gasteiger partial charge on any atom is -0.506 e. The summed E-state index contributed by atoms with van der Waals surface area (Å²) in [6.45, 7) is 0. The van der Waals surface area contributed by atoms with Gasteiger partial charge in [-0.3, -0.25) is 18.7 Å². The molecule has 0 saturated carbocycles. The molecule has 1 aliphatic rings.